The van der Waals surface area contributed by atoms with E-state index < -0.39 is 0 Å². The number of amides is 1. The predicted octanol–water partition coefficient (Wildman–Crippen LogP) is 5.30. The first-order valence-electron chi connectivity index (χ1n) is 20.6. The van der Waals surface area contributed by atoms with Gasteiger partial charge in [0.05, 0.1) is 25.6 Å². The maximum Gasteiger partial charge on any atom is 0.223 e. The summed E-state index contributed by atoms with van der Waals surface area (Å²) >= 11 is 0. The van der Waals surface area contributed by atoms with Crippen molar-refractivity contribution in [2.24, 2.45) is 11.7 Å². The molecule has 1 amide bonds. The van der Waals surface area contributed by atoms with Crippen molar-refractivity contribution in [1.82, 2.24) is 25.1 Å². The van der Waals surface area contributed by atoms with Gasteiger partial charge in [-0.2, -0.15) is 0 Å². The fraction of sp³-hybridized carbons (Fsp3) is 0.489. The predicted molar refractivity (Wildman–Crippen MR) is 226 cm³/mol. The summed E-state index contributed by atoms with van der Waals surface area (Å²) in [5, 5.41) is 3.39. The second kappa shape index (κ2) is 21.6. The highest BCUT2D eigenvalue weighted by molar-refractivity contribution is 5.79. The molecule has 2 aromatic carbocycles. The van der Waals surface area contributed by atoms with Gasteiger partial charge in [-0.3, -0.25) is 24.6 Å². The molecule has 7 rings (SSSR count). The van der Waals surface area contributed by atoms with Crippen molar-refractivity contribution in [2.75, 3.05) is 89.5 Å². The molecule has 3 N–H and O–H groups in total. The van der Waals surface area contributed by atoms with E-state index in [2.05, 4.69) is 65.2 Å². The third-order valence-corrected chi connectivity index (χ3v) is 11.3. The zero-order chi connectivity index (χ0) is 39.0. The quantitative estimate of drug-likeness (QED) is 0.176. The third-order valence-electron chi connectivity index (χ3n) is 11.3. The van der Waals surface area contributed by atoms with E-state index >= 15 is 0 Å². The number of methoxy groups -OCH3 is 2. The van der Waals surface area contributed by atoms with Gasteiger partial charge in [-0.1, -0.05) is 55.7 Å². The zero-order valence-corrected chi connectivity index (χ0v) is 33.5. The number of piperazine rings is 2. The number of carbonyl (C=O) groups excluding carboxylic acids is 1. The van der Waals surface area contributed by atoms with Gasteiger partial charge in [0.1, 0.15) is 11.5 Å². The molecular formula is C45H62N8O3. The summed E-state index contributed by atoms with van der Waals surface area (Å²) in [5.41, 5.74) is 10.8. The molecule has 4 heterocycles. The van der Waals surface area contributed by atoms with Gasteiger partial charge in [-0.25, -0.2) is 0 Å². The van der Waals surface area contributed by atoms with Crippen LogP contribution in [0.1, 0.15) is 43.5 Å². The number of anilines is 2. The molecule has 0 spiro atoms. The number of benzene rings is 2. The lowest BCUT2D eigenvalue weighted by Crippen LogP contribution is -2.53. The number of hydrogen-bond acceptors (Lipinski definition) is 10. The van der Waals surface area contributed by atoms with Crippen LogP contribution < -0.4 is 30.3 Å². The molecule has 0 unspecified atom stereocenters. The number of ether oxygens (including phenoxy) is 2. The van der Waals surface area contributed by atoms with Crippen LogP contribution in [0.4, 0.5) is 11.4 Å². The maximum absolute atomic E-state index is 13.0. The molecule has 11 heteroatoms. The van der Waals surface area contributed by atoms with Gasteiger partial charge >= 0.3 is 0 Å². The largest absolute Gasteiger partial charge is 0.495 e. The van der Waals surface area contributed by atoms with Crippen LogP contribution in [0, 0.1) is 5.92 Å². The standard InChI is InChI=1S/C26H36N4O2.C19H26N4O/c1-32-25-13-6-5-12-24(25)30-17-15-29(16-18-30)20-23(19-22-11-7-8-14-27-22)28-26(31)21-9-3-2-4-10-21;1-24-19-8-3-2-7-18(19)23-12-10-22(11-13-23)15-16(20)14-17-6-4-5-9-21-17/h5-8,11-14,21,23H,2-4,9-10,15-20H2,1H3,(H,28,31);2-9,16H,10-15,20H2,1H3/t23-;16-/m11/s1. The SMILES string of the molecule is COc1ccccc1N1CCN(C[C@@H](Cc2ccccn2)NC(=O)C2CCCCC2)CC1.COc1ccccc1N1CCN(C[C@H](N)Cc2ccccn2)CC1. The minimum Gasteiger partial charge on any atom is -0.495 e. The average Bonchev–Trinajstić information content (AvgIpc) is 3.25. The summed E-state index contributed by atoms with van der Waals surface area (Å²) in [5.74, 6) is 2.28. The number of aromatic nitrogens is 2. The molecule has 2 atom stereocenters. The molecule has 2 aliphatic heterocycles. The van der Waals surface area contributed by atoms with E-state index in [0.29, 0.717) is 0 Å². The summed E-state index contributed by atoms with van der Waals surface area (Å²) in [7, 11) is 3.46. The van der Waals surface area contributed by atoms with Crippen molar-refractivity contribution in [1.29, 1.82) is 0 Å². The van der Waals surface area contributed by atoms with Gasteiger partial charge in [0.25, 0.3) is 0 Å². The zero-order valence-electron chi connectivity index (χ0n) is 33.5. The van der Waals surface area contributed by atoms with Crippen molar-refractivity contribution in [2.45, 2.75) is 57.0 Å². The van der Waals surface area contributed by atoms with Crippen molar-refractivity contribution < 1.29 is 14.3 Å². The lowest BCUT2D eigenvalue weighted by Gasteiger charge is -2.38. The molecule has 0 bridgehead atoms. The van der Waals surface area contributed by atoms with Crippen molar-refractivity contribution in [3.8, 4) is 11.5 Å². The molecule has 3 fully saturated rings. The molecule has 56 heavy (non-hydrogen) atoms. The molecule has 1 aliphatic carbocycles. The van der Waals surface area contributed by atoms with E-state index in [-0.39, 0.29) is 23.9 Å². The molecule has 300 valence electrons. The van der Waals surface area contributed by atoms with Gasteiger partial charge in [-0.15, -0.1) is 0 Å². The minimum atomic E-state index is 0.0807. The monoisotopic (exact) mass is 762 g/mol. The smallest absolute Gasteiger partial charge is 0.223 e. The number of nitrogens with one attached hydrogen (secondary N) is 1. The van der Waals surface area contributed by atoms with E-state index in [1.807, 2.05) is 67.0 Å². The first kappa shape index (κ1) is 40.9. The minimum absolute atomic E-state index is 0.0807. The Hall–Kier alpha value is -4.71. The summed E-state index contributed by atoms with van der Waals surface area (Å²) < 4.78 is 11.0. The number of para-hydroxylation sites is 4. The van der Waals surface area contributed by atoms with Crippen molar-refractivity contribution in [3.63, 3.8) is 0 Å². The van der Waals surface area contributed by atoms with Gasteiger partial charge in [-0.05, 0) is 61.4 Å². The Kier molecular flexibility index (Phi) is 15.8. The van der Waals surface area contributed by atoms with Gasteiger partial charge < -0.3 is 30.3 Å². The Balaban J connectivity index is 0.000000198. The van der Waals surface area contributed by atoms with Crippen LogP contribution in [-0.2, 0) is 17.6 Å². The fourth-order valence-corrected chi connectivity index (χ4v) is 8.24. The topological polar surface area (TPSA) is 112 Å². The molecular weight excluding hydrogens is 701 g/mol. The maximum atomic E-state index is 13.0. The summed E-state index contributed by atoms with van der Waals surface area (Å²) in [6.45, 7) is 9.65. The first-order valence-corrected chi connectivity index (χ1v) is 20.6. The number of hydrogen-bond donors (Lipinski definition) is 2. The number of nitrogens with two attached hydrogens (primary N) is 1. The van der Waals surface area contributed by atoms with E-state index in [9.17, 15) is 4.79 Å². The Morgan fingerprint density at radius 1 is 0.661 bits per heavy atom. The highest BCUT2D eigenvalue weighted by Gasteiger charge is 2.27. The van der Waals surface area contributed by atoms with Crippen LogP contribution in [0.3, 0.4) is 0 Å². The molecule has 11 nitrogen and oxygen atoms in total. The summed E-state index contributed by atoms with van der Waals surface area (Å²) in [6, 6.07) is 28.7. The van der Waals surface area contributed by atoms with Crippen LogP contribution in [0.25, 0.3) is 0 Å². The number of pyridine rings is 2. The van der Waals surface area contributed by atoms with Crippen LogP contribution in [0.2, 0.25) is 0 Å². The van der Waals surface area contributed by atoms with Crippen LogP contribution >= 0.6 is 0 Å². The van der Waals surface area contributed by atoms with E-state index in [1.54, 1.807) is 14.2 Å². The molecule has 0 radical (unpaired) electrons. The van der Waals surface area contributed by atoms with Gasteiger partial charge in [0.2, 0.25) is 5.91 Å². The van der Waals surface area contributed by atoms with Gasteiger partial charge in [0.15, 0.2) is 0 Å². The second-order valence-corrected chi connectivity index (χ2v) is 15.3. The van der Waals surface area contributed by atoms with Crippen LogP contribution in [0.5, 0.6) is 11.5 Å². The van der Waals surface area contributed by atoms with E-state index in [4.69, 9.17) is 15.2 Å². The molecule has 2 aromatic heterocycles. The van der Waals surface area contributed by atoms with Crippen molar-refractivity contribution >= 4 is 17.3 Å². The molecule has 1 saturated carbocycles. The van der Waals surface area contributed by atoms with Crippen molar-refractivity contribution in [3.05, 3.63) is 109 Å². The summed E-state index contributed by atoms with van der Waals surface area (Å²) in [4.78, 5) is 31.5. The fourth-order valence-electron chi connectivity index (χ4n) is 8.24. The molecule has 4 aromatic rings. The number of nitrogens with zero attached hydrogens (tertiary/aromatic N) is 6. The lowest BCUT2D eigenvalue weighted by molar-refractivity contribution is -0.126. The first-order chi connectivity index (χ1) is 27.5. The Labute approximate surface area is 334 Å². The van der Waals surface area contributed by atoms with Crippen LogP contribution in [0.15, 0.2) is 97.3 Å². The Morgan fingerprint density at radius 2 is 1.14 bits per heavy atom. The van der Waals surface area contributed by atoms with Gasteiger partial charge in [0, 0.05) is 120 Å². The highest BCUT2D eigenvalue weighted by Crippen LogP contribution is 2.30. The highest BCUT2D eigenvalue weighted by atomic mass is 16.5. The third kappa shape index (κ3) is 12.1. The Morgan fingerprint density at radius 3 is 1.64 bits per heavy atom. The Bertz CT molecular complexity index is 1730. The lowest BCUT2D eigenvalue weighted by atomic mass is 9.88. The average molecular weight is 763 g/mol. The number of rotatable bonds is 14. The second-order valence-electron chi connectivity index (χ2n) is 15.3. The van der Waals surface area contributed by atoms with E-state index in [0.717, 1.165) is 120 Å². The van der Waals surface area contributed by atoms with E-state index in [1.165, 1.54) is 24.9 Å². The van der Waals surface area contributed by atoms with Crippen LogP contribution in [-0.4, -0.2) is 117 Å². The summed E-state index contributed by atoms with van der Waals surface area (Å²) in [6.07, 6.45) is 10.9. The molecule has 2 saturated heterocycles. The number of carbonyl (C=O) groups is 1. The molecule has 3 aliphatic rings. The normalized spacial score (nSPS) is 18.0.